The van der Waals surface area contributed by atoms with Crippen molar-refractivity contribution in [1.29, 1.82) is 0 Å². The van der Waals surface area contributed by atoms with E-state index in [1.807, 2.05) is 13.8 Å². The van der Waals surface area contributed by atoms with Gasteiger partial charge in [-0.3, -0.25) is 0 Å². The van der Waals surface area contributed by atoms with E-state index in [4.69, 9.17) is 9.05 Å². The molecular weight excluding hydrogens is 244 g/mol. The average molecular weight is 264 g/mol. The molecule has 0 saturated carbocycles. The Labute approximate surface area is 112 Å². The van der Waals surface area contributed by atoms with Gasteiger partial charge in [-0.1, -0.05) is 10.3 Å². The van der Waals surface area contributed by atoms with Crippen LogP contribution in [0, 0.1) is 13.8 Å². The maximum atomic E-state index is 5.26. The number of hydrogen-bond donors (Lipinski definition) is 0. The lowest BCUT2D eigenvalue weighted by molar-refractivity contribution is 0.371. The predicted molar refractivity (Wildman–Crippen MR) is 70.0 cm³/mol. The van der Waals surface area contributed by atoms with Crippen LogP contribution in [0.15, 0.2) is 9.05 Å². The summed E-state index contributed by atoms with van der Waals surface area (Å²) in [5.74, 6) is 2.20. The van der Waals surface area contributed by atoms with Crippen LogP contribution in [0.3, 0.4) is 0 Å². The van der Waals surface area contributed by atoms with E-state index in [0.29, 0.717) is 12.3 Å². The lowest BCUT2D eigenvalue weighted by Gasteiger charge is -2.06. The summed E-state index contributed by atoms with van der Waals surface area (Å²) in [6, 6.07) is 0. The van der Waals surface area contributed by atoms with Crippen molar-refractivity contribution < 1.29 is 9.05 Å². The molecule has 6 nitrogen and oxygen atoms in total. The summed E-state index contributed by atoms with van der Waals surface area (Å²) in [7, 11) is 4.11. The van der Waals surface area contributed by atoms with Crippen molar-refractivity contribution in [3.63, 3.8) is 0 Å². The molecule has 0 aromatic carbocycles. The Hall–Kier alpha value is -1.69. The maximum absolute atomic E-state index is 5.26. The van der Waals surface area contributed by atoms with E-state index in [1.165, 1.54) is 0 Å². The van der Waals surface area contributed by atoms with Gasteiger partial charge in [0.25, 0.3) is 0 Å². The van der Waals surface area contributed by atoms with Gasteiger partial charge in [-0.15, -0.1) is 0 Å². The van der Waals surface area contributed by atoms with Crippen LogP contribution in [-0.2, 0) is 12.8 Å². The third kappa shape index (κ3) is 3.64. The Morgan fingerprint density at radius 1 is 1.11 bits per heavy atom. The molecule has 2 aromatic rings. The minimum Gasteiger partial charge on any atom is -0.361 e. The molecule has 6 heteroatoms. The molecule has 19 heavy (non-hydrogen) atoms. The number of aryl methyl sites for hydroxylation is 3. The van der Waals surface area contributed by atoms with Crippen LogP contribution in [0.25, 0.3) is 0 Å². The van der Waals surface area contributed by atoms with E-state index in [1.54, 1.807) is 0 Å². The Kier molecular flexibility index (Phi) is 4.31. The molecule has 0 amide bonds. The van der Waals surface area contributed by atoms with Crippen molar-refractivity contribution in [2.75, 3.05) is 20.6 Å². The molecule has 104 valence electrons. The zero-order chi connectivity index (χ0) is 13.8. The fourth-order valence-electron chi connectivity index (χ4n) is 1.92. The Balaban J connectivity index is 1.94. The Morgan fingerprint density at radius 2 is 1.89 bits per heavy atom. The fourth-order valence-corrected chi connectivity index (χ4v) is 1.92. The zero-order valence-electron chi connectivity index (χ0n) is 11.9. The molecule has 0 unspecified atom stereocenters. The van der Waals surface area contributed by atoms with Gasteiger partial charge in [0.2, 0.25) is 5.89 Å². The summed E-state index contributed by atoms with van der Waals surface area (Å²) >= 11 is 0. The van der Waals surface area contributed by atoms with Gasteiger partial charge in [0.1, 0.15) is 5.76 Å². The number of nitrogens with zero attached hydrogens (tertiary/aromatic N) is 4. The molecule has 0 aliphatic carbocycles. The van der Waals surface area contributed by atoms with E-state index in [0.717, 1.165) is 42.2 Å². The van der Waals surface area contributed by atoms with Crippen LogP contribution in [-0.4, -0.2) is 40.8 Å². The van der Waals surface area contributed by atoms with Crippen molar-refractivity contribution in [2.24, 2.45) is 0 Å². The van der Waals surface area contributed by atoms with E-state index >= 15 is 0 Å². The SMILES string of the molecule is Cc1noc(C)c1Cc1nc(CCCN(C)C)no1. The van der Waals surface area contributed by atoms with Crippen molar-refractivity contribution >= 4 is 0 Å². The molecule has 2 aromatic heterocycles. The molecule has 2 heterocycles. The largest absolute Gasteiger partial charge is 0.361 e. The third-order valence-corrected chi connectivity index (χ3v) is 3.03. The molecule has 2 rings (SSSR count). The second-order valence-corrected chi connectivity index (χ2v) is 4.99. The third-order valence-electron chi connectivity index (χ3n) is 3.03. The van der Waals surface area contributed by atoms with Crippen LogP contribution in [0.2, 0.25) is 0 Å². The minimum atomic E-state index is 0.585. The van der Waals surface area contributed by atoms with Crippen LogP contribution in [0.5, 0.6) is 0 Å². The first-order valence-corrected chi connectivity index (χ1v) is 6.44. The number of aromatic nitrogens is 3. The quantitative estimate of drug-likeness (QED) is 0.792. The molecule has 0 spiro atoms. The summed E-state index contributed by atoms with van der Waals surface area (Å²) in [6.07, 6.45) is 2.45. The summed E-state index contributed by atoms with van der Waals surface area (Å²) in [5, 5.41) is 7.92. The van der Waals surface area contributed by atoms with Crippen LogP contribution in [0.4, 0.5) is 0 Å². The summed E-state index contributed by atoms with van der Waals surface area (Å²) in [6.45, 7) is 4.83. The van der Waals surface area contributed by atoms with Crippen molar-refractivity contribution in [3.8, 4) is 0 Å². The lowest BCUT2D eigenvalue weighted by atomic mass is 10.1. The van der Waals surface area contributed by atoms with Crippen LogP contribution >= 0.6 is 0 Å². The highest BCUT2D eigenvalue weighted by Gasteiger charge is 2.14. The molecule has 0 N–H and O–H groups in total. The average Bonchev–Trinajstić information content (AvgIpc) is 2.91. The van der Waals surface area contributed by atoms with E-state index in [9.17, 15) is 0 Å². The molecule has 0 radical (unpaired) electrons. The van der Waals surface area contributed by atoms with Gasteiger partial charge in [0.15, 0.2) is 5.82 Å². The standard InChI is InChI=1S/C13H20N4O2/c1-9-11(10(2)18-15-9)8-13-14-12(16-19-13)6-5-7-17(3)4/h5-8H2,1-4H3. The molecule has 0 aliphatic rings. The van der Waals surface area contributed by atoms with Gasteiger partial charge in [-0.05, 0) is 40.9 Å². The summed E-state index contributed by atoms with van der Waals surface area (Å²) < 4.78 is 10.4. The number of hydrogen-bond acceptors (Lipinski definition) is 6. The second kappa shape index (κ2) is 5.97. The van der Waals surface area contributed by atoms with Crippen LogP contribution < -0.4 is 0 Å². The van der Waals surface area contributed by atoms with Gasteiger partial charge in [0, 0.05) is 12.0 Å². The molecule has 0 atom stereocenters. The van der Waals surface area contributed by atoms with Gasteiger partial charge >= 0.3 is 0 Å². The highest BCUT2D eigenvalue weighted by Crippen LogP contribution is 2.16. The first-order chi connectivity index (χ1) is 9.06. The molecule has 0 fully saturated rings. The number of rotatable bonds is 6. The van der Waals surface area contributed by atoms with Gasteiger partial charge in [-0.2, -0.15) is 4.98 Å². The summed E-state index contributed by atoms with van der Waals surface area (Å²) in [4.78, 5) is 6.54. The normalized spacial score (nSPS) is 11.4. The van der Waals surface area contributed by atoms with Gasteiger partial charge < -0.3 is 13.9 Å². The smallest absolute Gasteiger partial charge is 0.231 e. The monoisotopic (exact) mass is 264 g/mol. The lowest BCUT2D eigenvalue weighted by Crippen LogP contribution is -2.13. The van der Waals surface area contributed by atoms with E-state index in [-0.39, 0.29) is 0 Å². The maximum Gasteiger partial charge on any atom is 0.231 e. The minimum absolute atomic E-state index is 0.585. The highest BCUT2D eigenvalue weighted by molar-refractivity contribution is 5.23. The van der Waals surface area contributed by atoms with E-state index in [2.05, 4.69) is 34.3 Å². The van der Waals surface area contributed by atoms with Crippen molar-refractivity contribution in [3.05, 3.63) is 28.7 Å². The van der Waals surface area contributed by atoms with E-state index < -0.39 is 0 Å². The van der Waals surface area contributed by atoms with Crippen LogP contribution in [0.1, 0.15) is 35.2 Å². The molecule has 0 bridgehead atoms. The molecule has 0 saturated heterocycles. The topological polar surface area (TPSA) is 68.2 Å². The first-order valence-electron chi connectivity index (χ1n) is 6.44. The Bertz CT molecular complexity index is 511. The highest BCUT2D eigenvalue weighted by atomic mass is 16.5. The van der Waals surface area contributed by atoms with Crippen molar-refractivity contribution in [1.82, 2.24) is 20.2 Å². The molecular formula is C13H20N4O2. The van der Waals surface area contributed by atoms with Gasteiger partial charge in [-0.25, -0.2) is 0 Å². The zero-order valence-corrected chi connectivity index (χ0v) is 11.9. The van der Waals surface area contributed by atoms with Gasteiger partial charge in [0.05, 0.1) is 12.1 Å². The first kappa shape index (κ1) is 13.7. The predicted octanol–water partition coefficient (Wildman–Crippen LogP) is 1.76. The molecule has 0 aliphatic heterocycles. The van der Waals surface area contributed by atoms with Crippen molar-refractivity contribution in [2.45, 2.75) is 33.1 Å². The second-order valence-electron chi connectivity index (χ2n) is 4.99. The Morgan fingerprint density at radius 3 is 2.53 bits per heavy atom. The fraction of sp³-hybridized carbons (Fsp3) is 0.615. The summed E-state index contributed by atoms with van der Waals surface area (Å²) in [5.41, 5.74) is 1.91.